The van der Waals surface area contributed by atoms with Gasteiger partial charge in [0.1, 0.15) is 6.04 Å². The van der Waals surface area contributed by atoms with E-state index in [4.69, 9.17) is 10.5 Å². The molecule has 1 aromatic carbocycles. The van der Waals surface area contributed by atoms with Crippen LogP contribution in [0.3, 0.4) is 0 Å². The molecule has 1 aromatic rings. The van der Waals surface area contributed by atoms with Gasteiger partial charge >= 0.3 is 5.97 Å². The Kier molecular flexibility index (Phi) is 7.31. The minimum atomic E-state index is -0.905. The fourth-order valence-corrected chi connectivity index (χ4v) is 2.01. The van der Waals surface area contributed by atoms with Crippen LogP contribution in [0, 0.1) is 0 Å². The van der Waals surface area contributed by atoms with E-state index < -0.39 is 23.8 Å². The molecule has 0 aliphatic heterocycles. The predicted octanol–water partition coefficient (Wildman–Crippen LogP) is 1.54. The van der Waals surface area contributed by atoms with Gasteiger partial charge in [-0.15, -0.1) is 0 Å². The summed E-state index contributed by atoms with van der Waals surface area (Å²) in [4.78, 5) is 34.6. The molecule has 0 heterocycles. The van der Waals surface area contributed by atoms with Gasteiger partial charge in [-0.3, -0.25) is 9.59 Å². The number of nitrogens with two attached hydrogens (primary N) is 1. The molecule has 22 heavy (non-hydrogen) atoms. The predicted molar refractivity (Wildman–Crippen MR) is 85.0 cm³/mol. The molecule has 0 unspecified atom stereocenters. The highest BCUT2D eigenvalue weighted by Gasteiger charge is 2.17. The lowest BCUT2D eigenvalue weighted by molar-refractivity contribution is -0.137. The maximum absolute atomic E-state index is 12.1. The van der Waals surface area contributed by atoms with E-state index in [1.54, 1.807) is 31.2 Å². The van der Waals surface area contributed by atoms with Gasteiger partial charge in [0.15, 0.2) is 0 Å². The highest BCUT2D eigenvalue weighted by molar-refractivity contribution is 9.10. The number of primary amides is 1. The van der Waals surface area contributed by atoms with Gasteiger partial charge in [-0.05, 0) is 31.5 Å². The molecule has 1 atom stereocenters. The van der Waals surface area contributed by atoms with E-state index in [1.807, 2.05) is 0 Å². The van der Waals surface area contributed by atoms with Crippen LogP contribution in [0.4, 0.5) is 0 Å². The maximum Gasteiger partial charge on any atom is 0.330 e. The molecule has 0 saturated heterocycles. The van der Waals surface area contributed by atoms with E-state index in [1.165, 1.54) is 12.2 Å². The molecule has 2 amide bonds. The number of benzene rings is 1. The van der Waals surface area contributed by atoms with Crippen molar-refractivity contribution in [1.82, 2.24) is 5.32 Å². The average molecular weight is 369 g/mol. The SMILES string of the molecule is CCOC(=O)/C=C/C[C@H](NC(=O)c1cccc(Br)c1)C(N)=O. The van der Waals surface area contributed by atoms with Crippen molar-refractivity contribution in [3.05, 3.63) is 46.5 Å². The zero-order valence-electron chi connectivity index (χ0n) is 12.0. The quantitative estimate of drug-likeness (QED) is 0.563. The van der Waals surface area contributed by atoms with Crippen LogP contribution in [0.2, 0.25) is 0 Å². The normalized spacial score (nSPS) is 11.9. The van der Waals surface area contributed by atoms with Crippen LogP contribution in [0.15, 0.2) is 40.9 Å². The first-order valence-electron chi connectivity index (χ1n) is 6.63. The standard InChI is InChI=1S/C15H17BrN2O4/c1-2-22-13(19)8-4-7-12(14(17)20)18-15(21)10-5-3-6-11(16)9-10/h3-6,8-9,12H,2,7H2,1H3,(H2,17,20)(H,18,21)/b8-4+/t12-/m0/s1. The second-order valence-electron chi connectivity index (χ2n) is 4.33. The van der Waals surface area contributed by atoms with Crippen molar-refractivity contribution < 1.29 is 19.1 Å². The van der Waals surface area contributed by atoms with Crippen LogP contribution in [0.5, 0.6) is 0 Å². The van der Waals surface area contributed by atoms with E-state index in [0.29, 0.717) is 5.56 Å². The lowest BCUT2D eigenvalue weighted by atomic mass is 10.1. The minimum absolute atomic E-state index is 0.105. The monoisotopic (exact) mass is 368 g/mol. The van der Waals surface area contributed by atoms with E-state index in [-0.39, 0.29) is 13.0 Å². The van der Waals surface area contributed by atoms with Crippen LogP contribution < -0.4 is 11.1 Å². The van der Waals surface area contributed by atoms with Crippen LogP contribution in [-0.4, -0.2) is 30.4 Å². The summed E-state index contributed by atoms with van der Waals surface area (Å²) in [6.45, 7) is 1.96. The maximum atomic E-state index is 12.1. The number of halogens is 1. The van der Waals surface area contributed by atoms with Gasteiger partial charge < -0.3 is 15.8 Å². The molecular weight excluding hydrogens is 352 g/mol. The summed E-state index contributed by atoms with van der Waals surface area (Å²) < 4.78 is 5.46. The van der Waals surface area contributed by atoms with Crippen molar-refractivity contribution in [2.45, 2.75) is 19.4 Å². The average Bonchev–Trinajstić information content (AvgIpc) is 2.46. The molecule has 0 aliphatic rings. The molecular formula is C15H17BrN2O4. The van der Waals surface area contributed by atoms with Crippen molar-refractivity contribution in [3.63, 3.8) is 0 Å². The van der Waals surface area contributed by atoms with Gasteiger partial charge in [-0.2, -0.15) is 0 Å². The fraction of sp³-hybridized carbons (Fsp3) is 0.267. The lowest BCUT2D eigenvalue weighted by Crippen LogP contribution is -2.44. The molecule has 0 radical (unpaired) electrons. The minimum Gasteiger partial charge on any atom is -0.463 e. The highest BCUT2D eigenvalue weighted by atomic mass is 79.9. The van der Waals surface area contributed by atoms with E-state index in [2.05, 4.69) is 21.2 Å². The second kappa shape index (κ2) is 8.99. The van der Waals surface area contributed by atoms with E-state index in [9.17, 15) is 14.4 Å². The Morgan fingerprint density at radius 2 is 2.14 bits per heavy atom. The van der Waals surface area contributed by atoms with Crippen molar-refractivity contribution >= 4 is 33.7 Å². The molecule has 6 nitrogen and oxygen atoms in total. The Morgan fingerprint density at radius 3 is 2.73 bits per heavy atom. The van der Waals surface area contributed by atoms with Gasteiger partial charge in [0.2, 0.25) is 5.91 Å². The summed E-state index contributed by atoms with van der Waals surface area (Å²) in [5, 5.41) is 2.53. The number of rotatable bonds is 7. The molecule has 0 aromatic heterocycles. The van der Waals surface area contributed by atoms with Crippen molar-refractivity contribution in [2.75, 3.05) is 6.61 Å². The third kappa shape index (κ3) is 6.09. The third-order valence-electron chi connectivity index (χ3n) is 2.65. The Balaban J connectivity index is 2.66. The zero-order valence-corrected chi connectivity index (χ0v) is 13.6. The number of hydrogen-bond acceptors (Lipinski definition) is 4. The molecule has 3 N–H and O–H groups in total. The molecule has 0 bridgehead atoms. The van der Waals surface area contributed by atoms with E-state index in [0.717, 1.165) is 4.47 Å². The molecule has 1 rings (SSSR count). The van der Waals surface area contributed by atoms with Gasteiger partial charge in [-0.1, -0.05) is 28.1 Å². The summed E-state index contributed by atoms with van der Waals surface area (Å²) in [5.41, 5.74) is 5.65. The Bertz CT molecular complexity index is 587. The Morgan fingerprint density at radius 1 is 1.41 bits per heavy atom. The molecule has 0 spiro atoms. The molecule has 7 heteroatoms. The first kappa shape index (κ1) is 17.9. The third-order valence-corrected chi connectivity index (χ3v) is 3.14. The Hall–Kier alpha value is -2.15. The molecule has 0 aliphatic carbocycles. The highest BCUT2D eigenvalue weighted by Crippen LogP contribution is 2.11. The summed E-state index contributed by atoms with van der Waals surface area (Å²) in [6, 6.07) is 5.83. The number of ether oxygens (including phenoxy) is 1. The van der Waals surface area contributed by atoms with Crippen molar-refractivity contribution in [3.8, 4) is 0 Å². The van der Waals surface area contributed by atoms with Crippen LogP contribution in [0.25, 0.3) is 0 Å². The number of carbonyl (C=O) groups is 3. The summed E-state index contributed by atoms with van der Waals surface area (Å²) >= 11 is 3.26. The van der Waals surface area contributed by atoms with Crippen LogP contribution in [0.1, 0.15) is 23.7 Å². The van der Waals surface area contributed by atoms with Crippen molar-refractivity contribution in [2.24, 2.45) is 5.73 Å². The molecule has 0 fully saturated rings. The van der Waals surface area contributed by atoms with Gasteiger partial charge in [0.25, 0.3) is 5.91 Å². The van der Waals surface area contributed by atoms with Crippen LogP contribution >= 0.6 is 15.9 Å². The number of amides is 2. The molecule has 0 saturated carbocycles. The number of esters is 1. The summed E-state index contributed by atoms with van der Waals surface area (Å²) in [6.07, 6.45) is 2.74. The smallest absolute Gasteiger partial charge is 0.330 e. The number of hydrogen-bond donors (Lipinski definition) is 2. The van der Waals surface area contributed by atoms with E-state index >= 15 is 0 Å². The van der Waals surface area contributed by atoms with Gasteiger partial charge in [-0.25, -0.2) is 4.79 Å². The van der Waals surface area contributed by atoms with Crippen LogP contribution in [-0.2, 0) is 14.3 Å². The fourth-order valence-electron chi connectivity index (χ4n) is 1.61. The number of nitrogens with one attached hydrogen (secondary N) is 1. The van der Waals surface area contributed by atoms with Gasteiger partial charge in [0, 0.05) is 16.1 Å². The Labute approximate surface area is 136 Å². The second-order valence-corrected chi connectivity index (χ2v) is 5.24. The summed E-state index contributed by atoms with van der Waals surface area (Å²) in [7, 11) is 0. The lowest BCUT2D eigenvalue weighted by Gasteiger charge is -2.13. The zero-order chi connectivity index (χ0) is 16.5. The van der Waals surface area contributed by atoms with Crippen molar-refractivity contribution in [1.29, 1.82) is 0 Å². The first-order valence-corrected chi connectivity index (χ1v) is 7.42. The molecule has 118 valence electrons. The summed E-state index contributed by atoms with van der Waals surface area (Å²) in [5.74, 6) is -1.62. The topological polar surface area (TPSA) is 98.5 Å². The number of carbonyl (C=O) groups excluding carboxylic acids is 3. The first-order chi connectivity index (χ1) is 10.4. The largest absolute Gasteiger partial charge is 0.463 e. The van der Waals surface area contributed by atoms with Gasteiger partial charge in [0.05, 0.1) is 6.61 Å².